The summed E-state index contributed by atoms with van der Waals surface area (Å²) < 4.78 is 1.36. The Bertz CT molecular complexity index is 291. The number of hydrogen-bond acceptors (Lipinski definition) is 2. The van der Waals surface area contributed by atoms with Gasteiger partial charge in [0.25, 0.3) is 0 Å². The summed E-state index contributed by atoms with van der Waals surface area (Å²) in [6.07, 6.45) is 0. The van der Waals surface area contributed by atoms with Crippen molar-refractivity contribution in [3.05, 3.63) is 19.8 Å². The van der Waals surface area contributed by atoms with Gasteiger partial charge < -0.3 is 5.11 Å². The highest BCUT2D eigenvalue weighted by atomic mass is 79.9. The fraction of sp³-hybridized carbons (Fsp3) is 0.286. The molecule has 5 heteroatoms. The number of halogens is 2. The summed E-state index contributed by atoms with van der Waals surface area (Å²) in [5.74, 6) is -1.32. The largest absolute Gasteiger partial charge is 0.481 e. The first-order valence-corrected chi connectivity index (χ1v) is 5.18. The van der Waals surface area contributed by atoms with Crippen molar-refractivity contribution < 1.29 is 9.90 Å². The third-order valence-corrected chi connectivity index (χ3v) is 4.12. The number of carboxylic acid groups (broad SMARTS) is 1. The summed E-state index contributed by atoms with van der Waals surface area (Å²) in [7, 11) is 0. The summed E-state index contributed by atoms with van der Waals surface area (Å²) in [4.78, 5) is 11.3. The van der Waals surface area contributed by atoms with Crippen LogP contribution >= 0.6 is 38.9 Å². The summed E-state index contributed by atoms with van der Waals surface area (Å²) in [5, 5.41) is 8.68. The third-order valence-electron chi connectivity index (χ3n) is 1.46. The zero-order valence-corrected chi connectivity index (χ0v) is 9.33. The maximum Gasteiger partial charge on any atom is 0.311 e. The van der Waals surface area contributed by atoms with Gasteiger partial charge in [-0.25, -0.2) is 0 Å². The van der Waals surface area contributed by atoms with Crippen LogP contribution in [0, 0.1) is 0 Å². The second-order valence-corrected chi connectivity index (χ2v) is 4.87. The molecule has 1 aromatic rings. The molecule has 12 heavy (non-hydrogen) atoms. The summed E-state index contributed by atoms with van der Waals surface area (Å²) in [5.41, 5.74) is 0. The number of rotatable bonds is 2. The number of carbonyl (C=O) groups is 1. The zero-order chi connectivity index (χ0) is 9.30. The van der Waals surface area contributed by atoms with E-state index in [9.17, 15) is 4.79 Å². The van der Waals surface area contributed by atoms with Gasteiger partial charge in [-0.3, -0.25) is 4.79 Å². The van der Waals surface area contributed by atoms with Crippen LogP contribution in [-0.2, 0) is 4.79 Å². The topological polar surface area (TPSA) is 37.3 Å². The molecule has 0 aliphatic rings. The van der Waals surface area contributed by atoms with E-state index in [0.29, 0.717) is 4.34 Å². The molecule has 1 heterocycles. The Morgan fingerprint density at radius 3 is 2.75 bits per heavy atom. The monoisotopic (exact) mass is 268 g/mol. The van der Waals surface area contributed by atoms with E-state index in [1.165, 1.54) is 11.3 Å². The lowest BCUT2D eigenvalue weighted by Crippen LogP contribution is -2.04. The molecular weight excluding hydrogens is 263 g/mol. The van der Waals surface area contributed by atoms with Crippen molar-refractivity contribution in [3.8, 4) is 0 Å². The summed E-state index contributed by atoms with van der Waals surface area (Å²) in [6.45, 7) is 1.64. The molecule has 1 atom stereocenters. The van der Waals surface area contributed by atoms with Crippen molar-refractivity contribution in [2.75, 3.05) is 0 Å². The van der Waals surface area contributed by atoms with E-state index >= 15 is 0 Å². The number of hydrogen-bond donors (Lipinski definition) is 1. The minimum absolute atomic E-state index is 0.487. The van der Waals surface area contributed by atoms with Crippen LogP contribution in [0.5, 0.6) is 0 Å². The lowest BCUT2D eigenvalue weighted by molar-refractivity contribution is -0.138. The zero-order valence-electron chi connectivity index (χ0n) is 6.17. The first-order chi connectivity index (χ1) is 5.52. The molecule has 0 saturated heterocycles. The molecule has 0 aromatic carbocycles. The maximum absolute atomic E-state index is 10.6. The molecular formula is C7H6BrClO2S. The predicted octanol–water partition coefficient (Wildman–Crippen LogP) is 3.35. The van der Waals surface area contributed by atoms with Gasteiger partial charge in [-0.2, -0.15) is 0 Å². The highest BCUT2D eigenvalue weighted by Crippen LogP contribution is 2.35. The van der Waals surface area contributed by atoms with Crippen LogP contribution in [-0.4, -0.2) is 11.1 Å². The van der Waals surface area contributed by atoms with E-state index in [1.54, 1.807) is 13.0 Å². The first-order valence-electron chi connectivity index (χ1n) is 3.20. The van der Waals surface area contributed by atoms with E-state index in [1.807, 2.05) is 0 Å². The van der Waals surface area contributed by atoms with Gasteiger partial charge >= 0.3 is 5.97 Å². The van der Waals surface area contributed by atoms with Gasteiger partial charge in [0.05, 0.1) is 5.92 Å². The molecule has 0 aliphatic heterocycles. The van der Waals surface area contributed by atoms with Gasteiger partial charge in [0.15, 0.2) is 0 Å². The second-order valence-electron chi connectivity index (χ2n) is 2.33. The van der Waals surface area contributed by atoms with E-state index in [-0.39, 0.29) is 0 Å². The fourth-order valence-corrected chi connectivity index (χ4v) is 2.48. The quantitative estimate of drug-likeness (QED) is 0.894. The van der Waals surface area contributed by atoms with Crippen molar-refractivity contribution in [2.45, 2.75) is 12.8 Å². The van der Waals surface area contributed by atoms with Crippen LogP contribution in [0.25, 0.3) is 0 Å². The maximum atomic E-state index is 10.6. The lowest BCUT2D eigenvalue weighted by Gasteiger charge is -1.99. The molecule has 1 unspecified atom stereocenters. The van der Waals surface area contributed by atoms with Gasteiger partial charge in [-0.1, -0.05) is 11.6 Å². The van der Waals surface area contributed by atoms with E-state index in [2.05, 4.69) is 15.9 Å². The van der Waals surface area contributed by atoms with Gasteiger partial charge in [-0.15, -0.1) is 11.3 Å². The molecule has 0 fully saturated rings. The van der Waals surface area contributed by atoms with Crippen LogP contribution in [0.2, 0.25) is 4.34 Å². The van der Waals surface area contributed by atoms with Crippen LogP contribution in [0.1, 0.15) is 17.7 Å². The Morgan fingerprint density at radius 2 is 2.42 bits per heavy atom. The van der Waals surface area contributed by atoms with Gasteiger partial charge in [0.2, 0.25) is 0 Å². The molecule has 1 aromatic heterocycles. The van der Waals surface area contributed by atoms with Gasteiger partial charge in [0, 0.05) is 9.35 Å². The molecule has 0 spiro atoms. The molecule has 2 nitrogen and oxygen atoms in total. The Kier molecular flexibility index (Phi) is 3.15. The second kappa shape index (κ2) is 3.77. The summed E-state index contributed by atoms with van der Waals surface area (Å²) >= 11 is 10.3. The minimum atomic E-state index is -0.833. The average molecular weight is 270 g/mol. The number of aliphatic carboxylic acids is 1. The predicted molar refractivity (Wildman–Crippen MR) is 53.1 cm³/mol. The van der Waals surface area contributed by atoms with Crippen molar-refractivity contribution in [1.82, 2.24) is 0 Å². The molecule has 66 valence electrons. The molecule has 0 bridgehead atoms. The van der Waals surface area contributed by atoms with Crippen molar-refractivity contribution in [3.63, 3.8) is 0 Å². The molecule has 1 rings (SSSR count). The Balaban J connectivity index is 2.96. The summed E-state index contributed by atoms with van der Waals surface area (Å²) in [6, 6.07) is 1.74. The van der Waals surface area contributed by atoms with Crippen LogP contribution in [0.4, 0.5) is 0 Å². The SMILES string of the molecule is CC(C(=O)O)c1cc(Br)c(Cl)s1. The van der Waals surface area contributed by atoms with Crippen LogP contribution < -0.4 is 0 Å². The minimum Gasteiger partial charge on any atom is -0.481 e. The molecule has 1 N–H and O–H groups in total. The fourth-order valence-electron chi connectivity index (χ4n) is 0.698. The number of thiophene rings is 1. The standard InChI is InChI=1S/C7H6BrClO2S/c1-3(7(10)11)5-2-4(8)6(9)12-5/h2-3H,1H3,(H,10,11). The van der Waals surface area contributed by atoms with E-state index in [0.717, 1.165) is 9.35 Å². The van der Waals surface area contributed by atoms with Crippen molar-refractivity contribution in [1.29, 1.82) is 0 Å². The average Bonchev–Trinajstić information content (AvgIpc) is 2.30. The van der Waals surface area contributed by atoms with Gasteiger partial charge in [0.1, 0.15) is 4.34 Å². The van der Waals surface area contributed by atoms with Crippen molar-refractivity contribution in [2.24, 2.45) is 0 Å². The van der Waals surface area contributed by atoms with Gasteiger partial charge in [-0.05, 0) is 28.9 Å². The van der Waals surface area contributed by atoms with Crippen LogP contribution in [0.3, 0.4) is 0 Å². The highest BCUT2D eigenvalue weighted by Gasteiger charge is 2.17. The Hall–Kier alpha value is -0.0600. The molecule has 0 aliphatic carbocycles. The Morgan fingerprint density at radius 1 is 1.83 bits per heavy atom. The number of carboxylic acids is 1. The highest BCUT2D eigenvalue weighted by molar-refractivity contribution is 9.10. The first kappa shape index (κ1) is 10.0. The molecule has 0 radical (unpaired) electrons. The van der Waals surface area contributed by atoms with Crippen molar-refractivity contribution >= 4 is 44.8 Å². The molecule has 0 amide bonds. The Labute approximate surface area is 87.3 Å². The van der Waals surface area contributed by atoms with Crippen LogP contribution in [0.15, 0.2) is 10.5 Å². The normalized spacial score (nSPS) is 12.9. The van der Waals surface area contributed by atoms with E-state index in [4.69, 9.17) is 16.7 Å². The smallest absolute Gasteiger partial charge is 0.311 e. The lowest BCUT2D eigenvalue weighted by atomic mass is 10.1. The third kappa shape index (κ3) is 2.00. The molecule has 0 saturated carbocycles. The van der Waals surface area contributed by atoms with E-state index < -0.39 is 11.9 Å².